The molecule has 6 nitrogen and oxygen atoms in total. The van der Waals surface area contributed by atoms with Crippen molar-refractivity contribution in [3.05, 3.63) is 65.9 Å². The number of ether oxygens (including phenoxy) is 1. The lowest BCUT2D eigenvalue weighted by atomic mass is 10.2. The van der Waals surface area contributed by atoms with Crippen LogP contribution in [0.3, 0.4) is 0 Å². The Kier molecular flexibility index (Phi) is 4.81. The maximum absolute atomic E-state index is 12.4. The summed E-state index contributed by atoms with van der Waals surface area (Å²) >= 11 is 0. The van der Waals surface area contributed by atoms with E-state index in [4.69, 9.17) is 4.74 Å². The van der Waals surface area contributed by atoms with Crippen LogP contribution in [0.4, 0.5) is 5.69 Å². The molecular weight excluding hydrogens is 320 g/mol. The number of anilines is 1. The number of para-hydroxylation sites is 2. The number of hydrogen-bond donors (Lipinski definition) is 2. The number of hydrogen-bond acceptors (Lipinski definition) is 3. The first-order chi connectivity index (χ1) is 12.1. The molecule has 128 valence electrons. The van der Waals surface area contributed by atoms with Gasteiger partial charge in [0.25, 0.3) is 0 Å². The number of fused-ring (bicyclic) bond motifs is 1. The van der Waals surface area contributed by atoms with E-state index in [1.807, 2.05) is 30.3 Å². The first kappa shape index (κ1) is 16.7. The molecule has 1 amide bonds. The van der Waals surface area contributed by atoms with Crippen LogP contribution in [-0.4, -0.2) is 28.7 Å². The molecule has 6 heteroatoms. The smallest absolute Gasteiger partial charge is 0.337 e. The number of nitrogens with zero attached hydrogens (tertiary/aromatic N) is 1. The van der Waals surface area contributed by atoms with Crippen molar-refractivity contribution in [3.8, 4) is 0 Å². The lowest BCUT2D eigenvalue weighted by molar-refractivity contribution is -0.116. The fourth-order valence-electron chi connectivity index (χ4n) is 2.82. The minimum Gasteiger partial charge on any atom is -0.478 e. The molecule has 0 aliphatic carbocycles. The van der Waals surface area contributed by atoms with E-state index in [-0.39, 0.29) is 18.0 Å². The molecule has 0 aliphatic heterocycles. The highest BCUT2D eigenvalue weighted by Crippen LogP contribution is 2.22. The SMILES string of the molecule is COCc1ccccc1NC(=O)Cn1cc(C(=O)O)c2ccccc21. The molecule has 0 fully saturated rings. The molecular formula is C19H18N2O4. The largest absolute Gasteiger partial charge is 0.478 e. The second-order valence-corrected chi connectivity index (χ2v) is 5.63. The summed E-state index contributed by atoms with van der Waals surface area (Å²) in [4.78, 5) is 23.8. The Labute approximate surface area is 144 Å². The number of aromatic nitrogens is 1. The van der Waals surface area contributed by atoms with Crippen LogP contribution in [0.25, 0.3) is 10.9 Å². The van der Waals surface area contributed by atoms with Crippen LogP contribution < -0.4 is 5.32 Å². The van der Waals surface area contributed by atoms with Crippen molar-refractivity contribution in [2.45, 2.75) is 13.2 Å². The third-order valence-corrected chi connectivity index (χ3v) is 3.92. The van der Waals surface area contributed by atoms with Gasteiger partial charge in [0.2, 0.25) is 5.91 Å². The van der Waals surface area contributed by atoms with Crippen LogP contribution in [0.5, 0.6) is 0 Å². The molecule has 2 aromatic carbocycles. The summed E-state index contributed by atoms with van der Waals surface area (Å²) in [6, 6.07) is 14.5. The van der Waals surface area contributed by atoms with Crippen molar-refractivity contribution >= 4 is 28.5 Å². The topological polar surface area (TPSA) is 80.6 Å². The van der Waals surface area contributed by atoms with Crippen LogP contribution in [0.1, 0.15) is 15.9 Å². The average molecular weight is 338 g/mol. The molecule has 0 unspecified atom stereocenters. The van der Waals surface area contributed by atoms with Gasteiger partial charge in [0.15, 0.2) is 0 Å². The number of carbonyl (C=O) groups is 2. The zero-order chi connectivity index (χ0) is 17.8. The van der Waals surface area contributed by atoms with Crippen LogP contribution in [0.15, 0.2) is 54.7 Å². The molecule has 3 rings (SSSR count). The van der Waals surface area contributed by atoms with E-state index in [0.717, 1.165) is 5.56 Å². The molecule has 1 aromatic heterocycles. The molecule has 0 aliphatic rings. The Morgan fingerprint density at radius 2 is 1.84 bits per heavy atom. The summed E-state index contributed by atoms with van der Waals surface area (Å²) in [5, 5.41) is 12.8. The number of nitrogens with one attached hydrogen (secondary N) is 1. The number of carbonyl (C=O) groups excluding carboxylic acids is 1. The van der Waals surface area contributed by atoms with Gasteiger partial charge in [-0.2, -0.15) is 0 Å². The zero-order valence-electron chi connectivity index (χ0n) is 13.7. The van der Waals surface area contributed by atoms with Gasteiger partial charge in [0.1, 0.15) is 6.54 Å². The summed E-state index contributed by atoms with van der Waals surface area (Å²) < 4.78 is 6.78. The van der Waals surface area contributed by atoms with Gasteiger partial charge >= 0.3 is 5.97 Å². The molecule has 3 aromatic rings. The number of carboxylic acid groups (broad SMARTS) is 1. The number of amides is 1. The third kappa shape index (κ3) is 3.54. The highest BCUT2D eigenvalue weighted by atomic mass is 16.5. The van der Waals surface area contributed by atoms with E-state index >= 15 is 0 Å². The molecule has 0 bridgehead atoms. The Balaban J connectivity index is 1.85. The van der Waals surface area contributed by atoms with Crippen molar-refractivity contribution in [1.29, 1.82) is 0 Å². The van der Waals surface area contributed by atoms with E-state index in [9.17, 15) is 14.7 Å². The normalized spacial score (nSPS) is 10.8. The van der Waals surface area contributed by atoms with E-state index in [2.05, 4.69) is 5.32 Å². The molecule has 0 saturated heterocycles. The average Bonchev–Trinajstić information content (AvgIpc) is 2.96. The van der Waals surface area contributed by atoms with Gasteiger partial charge in [0, 0.05) is 35.5 Å². The number of methoxy groups -OCH3 is 1. The van der Waals surface area contributed by atoms with E-state index < -0.39 is 5.97 Å². The predicted octanol–water partition coefficient (Wildman–Crippen LogP) is 3.12. The summed E-state index contributed by atoms with van der Waals surface area (Å²) in [6.07, 6.45) is 1.49. The van der Waals surface area contributed by atoms with Crippen LogP contribution in [0.2, 0.25) is 0 Å². The predicted molar refractivity (Wildman–Crippen MR) is 94.7 cm³/mol. The highest BCUT2D eigenvalue weighted by molar-refractivity contribution is 6.04. The fraction of sp³-hybridized carbons (Fsp3) is 0.158. The lowest BCUT2D eigenvalue weighted by Crippen LogP contribution is -2.19. The Bertz CT molecular complexity index is 930. The molecule has 0 atom stereocenters. The van der Waals surface area contributed by atoms with Crippen molar-refractivity contribution in [2.24, 2.45) is 0 Å². The minimum absolute atomic E-state index is 0.0229. The number of aromatic carboxylic acids is 1. The number of carboxylic acids is 1. The van der Waals surface area contributed by atoms with Gasteiger partial charge in [-0.25, -0.2) is 4.79 Å². The van der Waals surface area contributed by atoms with Crippen molar-refractivity contribution in [1.82, 2.24) is 4.57 Å². The lowest BCUT2D eigenvalue weighted by Gasteiger charge is -2.11. The van der Waals surface area contributed by atoms with Gasteiger partial charge in [-0.3, -0.25) is 4.79 Å². The molecule has 0 spiro atoms. The Morgan fingerprint density at radius 3 is 2.60 bits per heavy atom. The summed E-state index contributed by atoms with van der Waals surface area (Å²) in [7, 11) is 1.60. The van der Waals surface area contributed by atoms with Crippen molar-refractivity contribution in [3.63, 3.8) is 0 Å². The van der Waals surface area contributed by atoms with Crippen LogP contribution in [-0.2, 0) is 22.7 Å². The summed E-state index contributed by atoms with van der Waals surface area (Å²) in [5.74, 6) is -1.25. The number of benzene rings is 2. The van der Waals surface area contributed by atoms with E-state index in [1.54, 1.807) is 29.9 Å². The molecule has 2 N–H and O–H groups in total. The zero-order valence-corrected chi connectivity index (χ0v) is 13.7. The number of rotatable bonds is 6. The van der Waals surface area contributed by atoms with Crippen LogP contribution in [0, 0.1) is 0 Å². The monoisotopic (exact) mass is 338 g/mol. The van der Waals surface area contributed by atoms with E-state index in [0.29, 0.717) is 23.2 Å². The highest BCUT2D eigenvalue weighted by Gasteiger charge is 2.15. The maximum Gasteiger partial charge on any atom is 0.337 e. The fourth-order valence-corrected chi connectivity index (χ4v) is 2.82. The third-order valence-electron chi connectivity index (χ3n) is 3.92. The standard InChI is InChI=1S/C19H18N2O4/c1-25-12-13-6-2-4-8-16(13)20-18(22)11-21-10-15(19(23)24)14-7-3-5-9-17(14)21/h2-10H,11-12H2,1H3,(H,20,22)(H,23,24). The maximum atomic E-state index is 12.4. The molecule has 0 saturated carbocycles. The van der Waals surface area contributed by atoms with Crippen molar-refractivity contribution < 1.29 is 19.4 Å². The molecule has 25 heavy (non-hydrogen) atoms. The van der Waals surface area contributed by atoms with Gasteiger partial charge in [-0.15, -0.1) is 0 Å². The molecule has 0 radical (unpaired) electrons. The Hall–Kier alpha value is -3.12. The van der Waals surface area contributed by atoms with E-state index in [1.165, 1.54) is 6.20 Å². The Morgan fingerprint density at radius 1 is 1.12 bits per heavy atom. The second-order valence-electron chi connectivity index (χ2n) is 5.63. The van der Waals surface area contributed by atoms with Crippen LogP contribution >= 0.6 is 0 Å². The minimum atomic E-state index is -1.01. The first-order valence-electron chi connectivity index (χ1n) is 7.78. The quantitative estimate of drug-likeness (QED) is 0.723. The van der Waals surface area contributed by atoms with Crippen molar-refractivity contribution in [2.75, 3.05) is 12.4 Å². The summed E-state index contributed by atoms with van der Waals surface area (Å²) in [6.45, 7) is 0.418. The van der Waals surface area contributed by atoms with Gasteiger partial charge in [-0.05, 0) is 12.1 Å². The van der Waals surface area contributed by atoms with Gasteiger partial charge < -0.3 is 19.7 Å². The van der Waals surface area contributed by atoms with Gasteiger partial charge in [0.05, 0.1) is 12.2 Å². The summed E-state index contributed by atoms with van der Waals surface area (Å²) in [5.41, 5.74) is 2.45. The second kappa shape index (κ2) is 7.19. The molecule has 1 heterocycles. The first-order valence-corrected chi connectivity index (χ1v) is 7.78. The van der Waals surface area contributed by atoms with Gasteiger partial charge in [-0.1, -0.05) is 36.4 Å².